The molecule has 6 heteroatoms. The minimum absolute atomic E-state index is 0.0711. The van der Waals surface area contributed by atoms with E-state index in [-0.39, 0.29) is 17.6 Å². The molecule has 1 aromatic rings. The predicted molar refractivity (Wildman–Crippen MR) is 67.4 cm³/mol. The van der Waals surface area contributed by atoms with E-state index in [2.05, 4.69) is 5.32 Å². The van der Waals surface area contributed by atoms with Gasteiger partial charge in [0.15, 0.2) is 11.6 Å². The van der Waals surface area contributed by atoms with E-state index in [1.807, 2.05) is 13.8 Å². The molecule has 106 valence electrons. The van der Waals surface area contributed by atoms with Crippen molar-refractivity contribution < 1.29 is 23.4 Å². The van der Waals surface area contributed by atoms with E-state index in [0.29, 0.717) is 6.61 Å². The van der Waals surface area contributed by atoms with Crippen LogP contribution >= 0.6 is 0 Å². The van der Waals surface area contributed by atoms with Crippen LogP contribution in [0.5, 0.6) is 0 Å². The fourth-order valence-corrected chi connectivity index (χ4v) is 1.61. The Morgan fingerprint density at radius 3 is 2.47 bits per heavy atom. The van der Waals surface area contributed by atoms with Gasteiger partial charge in [0.25, 0.3) is 0 Å². The molecule has 0 heterocycles. The number of carboxylic acids is 1. The van der Waals surface area contributed by atoms with Gasteiger partial charge >= 0.3 is 5.97 Å². The number of methoxy groups -OCH3 is 1. The molecule has 0 saturated carbocycles. The summed E-state index contributed by atoms with van der Waals surface area (Å²) in [5, 5.41) is 11.5. The zero-order valence-corrected chi connectivity index (χ0v) is 11.0. The summed E-state index contributed by atoms with van der Waals surface area (Å²) in [4.78, 5) is 10.7. The molecule has 1 atom stereocenters. The SMILES string of the molecule is COCC(Nc1ccc(C(=O)O)c(F)c1F)C(C)C. The Kier molecular flexibility index (Phi) is 5.23. The number of carbonyl (C=O) groups is 1. The first-order valence-corrected chi connectivity index (χ1v) is 5.85. The number of hydrogen-bond donors (Lipinski definition) is 2. The lowest BCUT2D eigenvalue weighted by Crippen LogP contribution is -2.31. The minimum atomic E-state index is -1.50. The maximum Gasteiger partial charge on any atom is 0.338 e. The lowest BCUT2D eigenvalue weighted by molar-refractivity contribution is 0.0690. The molecule has 0 amide bonds. The Bertz CT molecular complexity index is 463. The van der Waals surface area contributed by atoms with Gasteiger partial charge in [0.2, 0.25) is 0 Å². The minimum Gasteiger partial charge on any atom is -0.478 e. The van der Waals surface area contributed by atoms with Crippen LogP contribution in [0.25, 0.3) is 0 Å². The normalized spacial score (nSPS) is 12.5. The molecule has 1 rings (SSSR count). The fourth-order valence-electron chi connectivity index (χ4n) is 1.61. The van der Waals surface area contributed by atoms with Crippen molar-refractivity contribution in [3.63, 3.8) is 0 Å². The number of aromatic carboxylic acids is 1. The van der Waals surface area contributed by atoms with Gasteiger partial charge in [-0.3, -0.25) is 0 Å². The molecule has 2 N–H and O–H groups in total. The third kappa shape index (κ3) is 3.64. The largest absolute Gasteiger partial charge is 0.478 e. The maximum atomic E-state index is 13.7. The van der Waals surface area contributed by atoms with Crippen LogP contribution in [0.1, 0.15) is 24.2 Å². The van der Waals surface area contributed by atoms with E-state index in [0.717, 1.165) is 6.07 Å². The fraction of sp³-hybridized carbons (Fsp3) is 0.462. The van der Waals surface area contributed by atoms with E-state index >= 15 is 0 Å². The van der Waals surface area contributed by atoms with Crippen LogP contribution in [0.2, 0.25) is 0 Å². The molecule has 1 unspecified atom stereocenters. The van der Waals surface area contributed by atoms with Crippen LogP contribution in [0.4, 0.5) is 14.5 Å². The summed E-state index contributed by atoms with van der Waals surface area (Å²) >= 11 is 0. The van der Waals surface area contributed by atoms with E-state index in [9.17, 15) is 13.6 Å². The predicted octanol–water partition coefficient (Wildman–Crippen LogP) is 2.75. The number of benzene rings is 1. The van der Waals surface area contributed by atoms with Gasteiger partial charge in [-0.05, 0) is 18.1 Å². The zero-order valence-electron chi connectivity index (χ0n) is 11.0. The van der Waals surface area contributed by atoms with Gasteiger partial charge < -0.3 is 15.2 Å². The first kappa shape index (κ1) is 15.4. The second kappa shape index (κ2) is 6.47. The average Bonchev–Trinajstić information content (AvgIpc) is 2.33. The van der Waals surface area contributed by atoms with Crippen molar-refractivity contribution in [1.82, 2.24) is 0 Å². The average molecular weight is 273 g/mol. The first-order chi connectivity index (χ1) is 8.88. The Labute approximate surface area is 110 Å². The molecular formula is C13H17F2NO3. The van der Waals surface area contributed by atoms with Gasteiger partial charge in [0.05, 0.1) is 23.9 Å². The lowest BCUT2D eigenvalue weighted by atomic mass is 10.0. The molecule has 0 aliphatic heterocycles. The number of hydrogen-bond acceptors (Lipinski definition) is 3. The van der Waals surface area contributed by atoms with Gasteiger partial charge in [-0.2, -0.15) is 0 Å². The second-order valence-corrected chi connectivity index (χ2v) is 4.54. The Balaban J connectivity index is 3.02. The Morgan fingerprint density at radius 2 is 2.00 bits per heavy atom. The summed E-state index contributed by atoms with van der Waals surface area (Å²) < 4.78 is 32.3. The molecule has 0 saturated heterocycles. The summed E-state index contributed by atoms with van der Waals surface area (Å²) in [6.45, 7) is 4.16. The highest BCUT2D eigenvalue weighted by atomic mass is 19.2. The van der Waals surface area contributed by atoms with Crippen LogP contribution in [0.3, 0.4) is 0 Å². The van der Waals surface area contributed by atoms with Crippen molar-refractivity contribution in [2.75, 3.05) is 19.0 Å². The van der Waals surface area contributed by atoms with E-state index in [1.54, 1.807) is 0 Å². The van der Waals surface area contributed by atoms with Crippen LogP contribution in [0, 0.1) is 17.6 Å². The number of carboxylic acid groups (broad SMARTS) is 1. The van der Waals surface area contributed by atoms with Gasteiger partial charge in [-0.15, -0.1) is 0 Å². The van der Waals surface area contributed by atoms with Gasteiger partial charge in [-0.25, -0.2) is 13.6 Å². The van der Waals surface area contributed by atoms with Crippen molar-refractivity contribution >= 4 is 11.7 Å². The van der Waals surface area contributed by atoms with Gasteiger partial charge in [0, 0.05) is 7.11 Å². The monoisotopic (exact) mass is 273 g/mol. The molecule has 0 aliphatic carbocycles. The zero-order chi connectivity index (χ0) is 14.6. The van der Waals surface area contributed by atoms with Crippen molar-refractivity contribution in [2.24, 2.45) is 5.92 Å². The summed E-state index contributed by atoms with van der Waals surface area (Å²) in [7, 11) is 1.52. The third-order valence-corrected chi connectivity index (χ3v) is 2.80. The molecule has 19 heavy (non-hydrogen) atoms. The standard InChI is InChI=1S/C13H17F2NO3/c1-7(2)10(6-19-3)16-9-5-4-8(13(17)18)11(14)12(9)15/h4-5,7,10,16H,6H2,1-3H3,(H,17,18). The highest BCUT2D eigenvalue weighted by Crippen LogP contribution is 2.22. The third-order valence-electron chi connectivity index (χ3n) is 2.80. The summed E-state index contributed by atoms with van der Waals surface area (Å²) in [6, 6.07) is 2.05. The second-order valence-electron chi connectivity index (χ2n) is 4.54. The summed E-state index contributed by atoms with van der Waals surface area (Å²) in [5.41, 5.74) is -0.755. The smallest absolute Gasteiger partial charge is 0.338 e. The number of halogens is 2. The van der Waals surface area contributed by atoms with Crippen LogP contribution < -0.4 is 5.32 Å². The van der Waals surface area contributed by atoms with Crippen molar-refractivity contribution in [3.8, 4) is 0 Å². The number of nitrogens with one attached hydrogen (secondary N) is 1. The first-order valence-electron chi connectivity index (χ1n) is 5.85. The molecule has 0 spiro atoms. The summed E-state index contributed by atoms with van der Waals surface area (Å²) in [6.07, 6.45) is 0. The van der Waals surface area contributed by atoms with Crippen LogP contribution in [0.15, 0.2) is 12.1 Å². The van der Waals surface area contributed by atoms with Gasteiger partial charge in [0.1, 0.15) is 0 Å². The molecule has 0 radical (unpaired) electrons. The summed E-state index contributed by atoms with van der Waals surface area (Å²) in [5.74, 6) is -3.92. The van der Waals surface area contributed by atoms with Gasteiger partial charge in [-0.1, -0.05) is 13.8 Å². The van der Waals surface area contributed by atoms with Crippen molar-refractivity contribution in [1.29, 1.82) is 0 Å². The van der Waals surface area contributed by atoms with E-state index in [1.165, 1.54) is 13.2 Å². The topological polar surface area (TPSA) is 58.6 Å². The number of ether oxygens (including phenoxy) is 1. The number of anilines is 1. The number of rotatable bonds is 6. The molecule has 0 bridgehead atoms. The molecular weight excluding hydrogens is 256 g/mol. The van der Waals surface area contributed by atoms with Crippen molar-refractivity contribution in [2.45, 2.75) is 19.9 Å². The molecule has 4 nitrogen and oxygen atoms in total. The van der Waals surface area contributed by atoms with E-state index < -0.39 is 23.2 Å². The Hall–Kier alpha value is -1.69. The Morgan fingerprint density at radius 1 is 1.37 bits per heavy atom. The quantitative estimate of drug-likeness (QED) is 0.836. The molecule has 0 aromatic heterocycles. The van der Waals surface area contributed by atoms with E-state index in [4.69, 9.17) is 9.84 Å². The molecule has 0 fully saturated rings. The lowest BCUT2D eigenvalue weighted by Gasteiger charge is -2.23. The highest BCUT2D eigenvalue weighted by molar-refractivity contribution is 5.88. The maximum absolute atomic E-state index is 13.7. The highest BCUT2D eigenvalue weighted by Gasteiger charge is 2.20. The van der Waals surface area contributed by atoms with Crippen LogP contribution in [-0.4, -0.2) is 30.8 Å². The molecule has 0 aliphatic rings. The van der Waals surface area contributed by atoms with Crippen molar-refractivity contribution in [3.05, 3.63) is 29.3 Å². The van der Waals surface area contributed by atoms with Crippen LogP contribution in [-0.2, 0) is 4.74 Å². The molecule has 1 aromatic carbocycles.